The first-order chi connectivity index (χ1) is 11.2. The molecule has 136 valence electrons. The lowest BCUT2D eigenvalue weighted by molar-refractivity contribution is -0.166. The zero-order chi connectivity index (χ0) is 18.0. The Bertz CT molecular complexity index is 524. The first-order valence-corrected chi connectivity index (χ1v) is 9.22. The van der Waals surface area contributed by atoms with Crippen LogP contribution in [0, 0.1) is 22.7 Å². The Hall–Kier alpha value is -1.32. The van der Waals surface area contributed by atoms with Crippen LogP contribution in [-0.4, -0.2) is 24.2 Å². The van der Waals surface area contributed by atoms with Crippen molar-refractivity contribution in [1.29, 1.82) is 0 Å². The van der Waals surface area contributed by atoms with Gasteiger partial charge in [0.2, 0.25) is 0 Å². The number of carboxylic acids is 1. The summed E-state index contributed by atoms with van der Waals surface area (Å²) in [5, 5.41) is 9.82. The van der Waals surface area contributed by atoms with Gasteiger partial charge in [-0.1, -0.05) is 25.3 Å². The molecule has 2 aliphatic rings. The summed E-state index contributed by atoms with van der Waals surface area (Å²) in [5.41, 5.74) is 0.571. The van der Waals surface area contributed by atoms with E-state index in [2.05, 4.69) is 6.92 Å². The Morgan fingerprint density at radius 2 is 1.92 bits per heavy atom. The molecule has 0 aromatic heterocycles. The highest BCUT2D eigenvalue weighted by Gasteiger charge is 2.56. The average Bonchev–Trinajstić information content (AvgIpc) is 2.52. The van der Waals surface area contributed by atoms with Gasteiger partial charge in [0, 0.05) is 6.08 Å². The number of aliphatic carboxylic acids is 1. The minimum atomic E-state index is -0.624. The van der Waals surface area contributed by atoms with E-state index in [0.717, 1.165) is 50.5 Å². The molecule has 2 saturated carbocycles. The van der Waals surface area contributed by atoms with Crippen LogP contribution in [0.5, 0.6) is 0 Å². The second-order valence-corrected chi connectivity index (χ2v) is 8.31. The minimum absolute atomic E-state index is 0.106. The fraction of sp³-hybridized carbons (Fsp3) is 0.800. The van der Waals surface area contributed by atoms with Crippen molar-refractivity contribution in [2.24, 2.45) is 22.7 Å². The van der Waals surface area contributed by atoms with Crippen molar-refractivity contribution in [3.05, 3.63) is 11.6 Å². The third kappa shape index (κ3) is 3.52. The number of hydrogen-bond acceptors (Lipinski definition) is 3. The van der Waals surface area contributed by atoms with E-state index in [4.69, 9.17) is 4.74 Å². The Kier molecular flexibility index (Phi) is 5.77. The summed E-state index contributed by atoms with van der Waals surface area (Å²) in [6.07, 6.45) is 9.75. The molecule has 0 saturated heterocycles. The maximum Gasteiger partial charge on any atom is 0.330 e. The number of methoxy groups -OCH3 is 1. The fourth-order valence-corrected chi connectivity index (χ4v) is 5.41. The Morgan fingerprint density at radius 3 is 2.54 bits per heavy atom. The van der Waals surface area contributed by atoms with Gasteiger partial charge in [-0.25, -0.2) is 4.79 Å². The summed E-state index contributed by atoms with van der Waals surface area (Å²) in [5.74, 6) is -0.117. The van der Waals surface area contributed by atoms with Gasteiger partial charge < -0.3 is 9.84 Å². The van der Waals surface area contributed by atoms with Crippen LogP contribution in [0.25, 0.3) is 0 Å². The molecule has 2 fully saturated rings. The van der Waals surface area contributed by atoms with Crippen LogP contribution >= 0.6 is 0 Å². The van der Waals surface area contributed by atoms with E-state index in [9.17, 15) is 14.7 Å². The van der Waals surface area contributed by atoms with E-state index in [0.29, 0.717) is 5.92 Å². The number of ether oxygens (including phenoxy) is 1. The number of carboxylic acid groups (broad SMARTS) is 1. The zero-order valence-corrected chi connectivity index (χ0v) is 15.6. The van der Waals surface area contributed by atoms with Crippen molar-refractivity contribution in [2.75, 3.05) is 7.11 Å². The highest BCUT2D eigenvalue weighted by Crippen LogP contribution is 2.61. The molecular weight excluding hydrogens is 304 g/mol. The summed E-state index contributed by atoms with van der Waals surface area (Å²) < 4.78 is 4.69. The first kappa shape index (κ1) is 19.0. The van der Waals surface area contributed by atoms with E-state index in [1.165, 1.54) is 13.5 Å². The molecule has 0 aromatic carbocycles. The quantitative estimate of drug-likeness (QED) is 0.589. The van der Waals surface area contributed by atoms with Gasteiger partial charge in [0.05, 0.1) is 12.5 Å². The first-order valence-electron chi connectivity index (χ1n) is 9.22. The largest absolute Gasteiger partial charge is 0.481 e. The second-order valence-electron chi connectivity index (χ2n) is 8.31. The second kappa shape index (κ2) is 7.28. The summed E-state index contributed by atoms with van der Waals surface area (Å²) in [7, 11) is 1.40. The number of esters is 1. The molecule has 0 aliphatic heterocycles. The molecule has 1 N–H and O–H groups in total. The van der Waals surface area contributed by atoms with E-state index in [-0.39, 0.29) is 17.3 Å². The van der Waals surface area contributed by atoms with Crippen molar-refractivity contribution >= 4 is 11.9 Å². The molecule has 0 radical (unpaired) electrons. The smallest absolute Gasteiger partial charge is 0.330 e. The van der Waals surface area contributed by atoms with Gasteiger partial charge in [0.1, 0.15) is 0 Å². The van der Waals surface area contributed by atoms with Crippen molar-refractivity contribution in [2.45, 2.75) is 72.1 Å². The zero-order valence-electron chi connectivity index (χ0n) is 15.6. The van der Waals surface area contributed by atoms with Crippen LogP contribution in [0.1, 0.15) is 72.1 Å². The maximum atomic E-state index is 11.9. The molecule has 4 nitrogen and oxygen atoms in total. The van der Waals surface area contributed by atoms with Gasteiger partial charge in [-0.15, -0.1) is 0 Å². The lowest BCUT2D eigenvalue weighted by atomic mass is 9.47. The molecule has 0 heterocycles. The van der Waals surface area contributed by atoms with Gasteiger partial charge in [-0.3, -0.25) is 4.79 Å². The molecule has 24 heavy (non-hydrogen) atoms. The molecule has 4 heteroatoms. The van der Waals surface area contributed by atoms with Crippen molar-refractivity contribution in [3.63, 3.8) is 0 Å². The van der Waals surface area contributed by atoms with Crippen LogP contribution < -0.4 is 0 Å². The molecule has 0 unspecified atom stereocenters. The van der Waals surface area contributed by atoms with Crippen LogP contribution in [0.2, 0.25) is 0 Å². The topological polar surface area (TPSA) is 63.6 Å². The number of carbonyl (C=O) groups is 2. The number of hydrogen-bond donors (Lipinski definition) is 1. The van der Waals surface area contributed by atoms with Gasteiger partial charge in [0.25, 0.3) is 0 Å². The molecule has 2 rings (SSSR count). The van der Waals surface area contributed by atoms with E-state index in [1.807, 2.05) is 13.8 Å². The van der Waals surface area contributed by atoms with Gasteiger partial charge in [-0.2, -0.15) is 0 Å². The van der Waals surface area contributed by atoms with Crippen molar-refractivity contribution in [1.82, 2.24) is 0 Å². The molecule has 0 aromatic rings. The number of rotatable bonds is 5. The predicted octanol–water partition coefficient (Wildman–Crippen LogP) is 4.58. The maximum absolute atomic E-state index is 11.9. The van der Waals surface area contributed by atoms with Crippen LogP contribution in [0.15, 0.2) is 11.6 Å². The fourth-order valence-electron chi connectivity index (χ4n) is 5.41. The molecular formula is C20H32O4. The van der Waals surface area contributed by atoms with Crippen molar-refractivity contribution < 1.29 is 19.4 Å². The third-order valence-corrected chi connectivity index (χ3v) is 6.90. The standard InChI is InChI=1S/C20H32O4/c1-14(13-17(21)24-4)9-10-15-7-5-8-16-19(15,2)11-6-12-20(16,3)18(22)23/h13,15-16H,5-12H2,1-4H3,(H,22,23)/b14-13+/t15-,16-,19-,20+/m1/s1. The summed E-state index contributed by atoms with van der Waals surface area (Å²) >= 11 is 0. The Morgan fingerprint density at radius 1 is 1.21 bits per heavy atom. The Labute approximate surface area is 145 Å². The number of fused-ring (bicyclic) bond motifs is 1. The minimum Gasteiger partial charge on any atom is -0.481 e. The monoisotopic (exact) mass is 336 g/mol. The number of allylic oxidation sites excluding steroid dienone is 1. The molecule has 4 atom stereocenters. The SMILES string of the molecule is COC(=O)/C=C(\C)CC[C@H]1CCC[C@@H]2[C@]1(C)CCC[C@]2(C)C(=O)O. The third-order valence-electron chi connectivity index (χ3n) is 6.90. The molecule has 0 spiro atoms. The Balaban J connectivity index is 2.13. The van der Waals surface area contributed by atoms with Crippen molar-refractivity contribution in [3.8, 4) is 0 Å². The van der Waals surface area contributed by atoms with Gasteiger partial charge in [0.15, 0.2) is 0 Å². The summed E-state index contributed by atoms with van der Waals surface area (Å²) in [6.45, 7) is 6.26. The summed E-state index contributed by atoms with van der Waals surface area (Å²) in [6, 6.07) is 0. The normalized spacial score (nSPS) is 36.8. The molecule has 0 amide bonds. The lowest BCUT2D eigenvalue weighted by Crippen LogP contribution is -2.52. The van der Waals surface area contributed by atoms with E-state index in [1.54, 1.807) is 6.08 Å². The number of carbonyl (C=O) groups excluding carboxylic acids is 1. The highest BCUT2D eigenvalue weighted by atomic mass is 16.5. The molecule has 2 aliphatic carbocycles. The lowest BCUT2D eigenvalue weighted by Gasteiger charge is -2.56. The van der Waals surface area contributed by atoms with Gasteiger partial charge >= 0.3 is 11.9 Å². The van der Waals surface area contributed by atoms with Crippen LogP contribution in [0.4, 0.5) is 0 Å². The summed E-state index contributed by atoms with van der Waals surface area (Å²) in [4.78, 5) is 23.3. The van der Waals surface area contributed by atoms with E-state index < -0.39 is 11.4 Å². The predicted molar refractivity (Wildman–Crippen MR) is 93.5 cm³/mol. The highest BCUT2D eigenvalue weighted by molar-refractivity contribution is 5.82. The average molecular weight is 336 g/mol. The van der Waals surface area contributed by atoms with Crippen LogP contribution in [0.3, 0.4) is 0 Å². The van der Waals surface area contributed by atoms with Crippen LogP contribution in [-0.2, 0) is 14.3 Å². The molecule has 0 bridgehead atoms. The van der Waals surface area contributed by atoms with Gasteiger partial charge in [-0.05, 0) is 69.6 Å². The van der Waals surface area contributed by atoms with E-state index >= 15 is 0 Å².